The van der Waals surface area contributed by atoms with Crippen molar-refractivity contribution in [1.29, 1.82) is 0 Å². The van der Waals surface area contributed by atoms with E-state index >= 15 is 0 Å². The van der Waals surface area contributed by atoms with Crippen LogP contribution in [-0.4, -0.2) is 16.1 Å². The number of nitro groups is 1. The Bertz CT molecular complexity index is 395. The predicted octanol–water partition coefficient (Wildman–Crippen LogP) is 1.27. The molecule has 0 saturated carbocycles. The number of phenolic OH excluding ortho intramolecular Hbond substituents is 1. The minimum Gasteiger partial charge on any atom is -0.506 e. The molecule has 0 fully saturated rings. The minimum atomic E-state index is -0.650. The smallest absolute Gasteiger partial charge is 0.271 e. The molecule has 0 heterocycles. The van der Waals surface area contributed by atoms with Crippen LogP contribution in [0.1, 0.15) is 0 Å². The van der Waals surface area contributed by atoms with Gasteiger partial charge in [0.1, 0.15) is 11.4 Å². The standard InChI is InChI=1S/C7H4N2O4/c10-4-8-6-3-5(9(12)13)1-2-7(6)11/h1-3,11H. The van der Waals surface area contributed by atoms with E-state index in [0.717, 1.165) is 18.2 Å². The van der Waals surface area contributed by atoms with Crippen LogP contribution >= 0.6 is 0 Å². The second-order valence-corrected chi connectivity index (χ2v) is 2.13. The lowest BCUT2D eigenvalue weighted by molar-refractivity contribution is -0.384. The van der Waals surface area contributed by atoms with Gasteiger partial charge in [-0.25, -0.2) is 4.79 Å². The van der Waals surface area contributed by atoms with E-state index in [4.69, 9.17) is 5.11 Å². The van der Waals surface area contributed by atoms with Crippen LogP contribution in [0, 0.1) is 10.1 Å². The van der Waals surface area contributed by atoms with Crippen LogP contribution in [0.3, 0.4) is 0 Å². The Labute approximate surface area is 72.3 Å². The first-order chi connectivity index (χ1) is 6.15. The van der Waals surface area contributed by atoms with Gasteiger partial charge in [0.2, 0.25) is 6.08 Å². The van der Waals surface area contributed by atoms with Crippen molar-refractivity contribution in [3.05, 3.63) is 28.3 Å². The topological polar surface area (TPSA) is 92.8 Å². The first-order valence-corrected chi connectivity index (χ1v) is 3.20. The molecule has 1 rings (SSSR count). The normalized spacial score (nSPS) is 8.92. The number of aliphatic imine (C=N–C) groups is 1. The zero-order valence-corrected chi connectivity index (χ0v) is 6.30. The number of nitro benzene ring substituents is 1. The largest absolute Gasteiger partial charge is 0.506 e. The number of benzene rings is 1. The molecule has 1 N–H and O–H groups in total. The number of rotatable bonds is 2. The summed E-state index contributed by atoms with van der Waals surface area (Å²) in [5, 5.41) is 19.3. The van der Waals surface area contributed by atoms with Gasteiger partial charge in [-0.2, -0.15) is 4.99 Å². The molecule has 13 heavy (non-hydrogen) atoms. The van der Waals surface area contributed by atoms with E-state index in [1.165, 1.54) is 6.08 Å². The van der Waals surface area contributed by atoms with Crippen LogP contribution in [0.25, 0.3) is 0 Å². The maximum atomic E-state index is 10.3. The molecular formula is C7H4N2O4. The van der Waals surface area contributed by atoms with Crippen molar-refractivity contribution < 1.29 is 14.8 Å². The number of non-ortho nitro benzene ring substituents is 1. The Morgan fingerprint density at radius 1 is 1.54 bits per heavy atom. The average molecular weight is 180 g/mol. The Morgan fingerprint density at radius 2 is 2.23 bits per heavy atom. The van der Waals surface area contributed by atoms with Gasteiger partial charge in [0.15, 0.2) is 0 Å². The summed E-state index contributed by atoms with van der Waals surface area (Å²) >= 11 is 0. The number of hydrogen-bond acceptors (Lipinski definition) is 5. The summed E-state index contributed by atoms with van der Waals surface area (Å²) in [6, 6.07) is 3.19. The molecule has 0 amide bonds. The highest BCUT2D eigenvalue weighted by atomic mass is 16.6. The van der Waals surface area contributed by atoms with Crippen molar-refractivity contribution in [3.63, 3.8) is 0 Å². The molecule has 0 aliphatic heterocycles. The van der Waals surface area contributed by atoms with Gasteiger partial charge in [-0.15, -0.1) is 0 Å². The van der Waals surface area contributed by atoms with E-state index in [0.29, 0.717) is 0 Å². The molecule has 0 atom stereocenters. The number of nitrogens with zero attached hydrogens (tertiary/aromatic N) is 2. The van der Waals surface area contributed by atoms with Crippen molar-refractivity contribution in [3.8, 4) is 5.75 Å². The molecule has 0 unspecified atom stereocenters. The van der Waals surface area contributed by atoms with Gasteiger partial charge >= 0.3 is 0 Å². The van der Waals surface area contributed by atoms with Crippen molar-refractivity contribution in [2.24, 2.45) is 4.99 Å². The fourth-order valence-electron chi connectivity index (χ4n) is 0.764. The fourth-order valence-corrected chi connectivity index (χ4v) is 0.764. The average Bonchev–Trinajstić information content (AvgIpc) is 2.08. The third kappa shape index (κ3) is 1.88. The van der Waals surface area contributed by atoms with Gasteiger partial charge in [0, 0.05) is 12.1 Å². The van der Waals surface area contributed by atoms with Gasteiger partial charge < -0.3 is 5.11 Å². The van der Waals surface area contributed by atoms with Crippen LogP contribution in [0.5, 0.6) is 5.75 Å². The lowest BCUT2D eigenvalue weighted by Gasteiger charge is -1.95. The quantitative estimate of drug-likeness (QED) is 0.321. The Kier molecular flexibility index (Phi) is 2.37. The maximum Gasteiger partial charge on any atom is 0.271 e. The predicted molar refractivity (Wildman–Crippen MR) is 42.5 cm³/mol. The lowest BCUT2D eigenvalue weighted by Crippen LogP contribution is -1.86. The summed E-state index contributed by atoms with van der Waals surface area (Å²) in [5.74, 6) is -0.297. The number of hydrogen-bond donors (Lipinski definition) is 1. The van der Waals surface area contributed by atoms with E-state index < -0.39 is 4.92 Å². The van der Waals surface area contributed by atoms with Crippen LogP contribution in [0.15, 0.2) is 23.2 Å². The molecule has 66 valence electrons. The molecule has 0 saturated heterocycles. The summed E-state index contributed by atoms with van der Waals surface area (Å²) in [4.78, 5) is 22.5. The summed E-state index contributed by atoms with van der Waals surface area (Å²) < 4.78 is 0. The summed E-state index contributed by atoms with van der Waals surface area (Å²) in [6.45, 7) is 0. The number of phenols is 1. The van der Waals surface area contributed by atoms with Crippen molar-refractivity contribution >= 4 is 17.5 Å². The van der Waals surface area contributed by atoms with Crippen molar-refractivity contribution in [2.45, 2.75) is 0 Å². The van der Waals surface area contributed by atoms with Gasteiger partial charge in [0.25, 0.3) is 5.69 Å². The van der Waals surface area contributed by atoms with E-state index in [2.05, 4.69) is 4.99 Å². The first-order valence-electron chi connectivity index (χ1n) is 3.20. The number of isocyanates is 1. The zero-order valence-electron chi connectivity index (χ0n) is 6.30. The Morgan fingerprint density at radius 3 is 2.77 bits per heavy atom. The van der Waals surface area contributed by atoms with Crippen LogP contribution in [0.4, 0.5) is 11.4 Å². The molecule has 0 radical (unpaired) electrons. The number of aromatic hydroxyl groups is 1. The lowest BCUT2D eigenvalue weighted by atomic mass is 10.2. The first kappa shape index (κ1) is 8.89. The highest BCUT2D eigenvalue weighted by Crippen LogP contribution is 2.29. The van der Waals surface area contributed by atoms with Crippen molar-refractivity contribution in [2.75, 3.05) is 0 Å². The Balaban J connectivity index is 3.26. The fraction of sp³-hybridized carbons (Fsp3) is 0. The third-order valence-corrected chi connectivity index (χ3v) is 1.34. The second kappa shape index (κ2) is 3.46. The molecule has 0 bridgehead atoms. The van der Waals surface area contributed by atoms with Gasteiger partial charge in [-0.05, 0) is 6.07 Å². The minimum absolute atomic E-state index is 0.163. The molecule has 1 aromatic rings. The molecule has 1 aromatic carbocycles. The summed E-state index contributed by atoms with van der Waals surface area (Å²) in [6.07, 6.45) is 1.18. The van der Waals surface area contributed by atoms with Gasteiger partial charge in [-0.1, -0.05) is 0 Å². The van der Waals surface area contributed by atoms with Gasteiger partial charge in [0.05, 0.1) is 4.92 Å². The van der Waals surface area contributed by atoms with E-state index in [9.17, 15) is 14.9 Å². The van der Waals surface area contributed by atoms with E-state index in [-0.39, 0.29) is 17.1 Å². The SMILES string of the molecule is O=C=Nc1cc([N+](=O)[O-])ccc1O. The van der Waals surface area contributed by atoms with Crippen molar-refractivity contribution in [1.82, 2.24) is 0 Å². The third-order valence-electron chi connectivity index (χ3n) is 1.34. The van der Waals surface area contributed by atoms with Crippen LogP contribution in [0.2, 0.25) is 0 Å². The zero-order chi connectivity index (χ0) is 9.84. The summed E-state index contributed by atoms with van der Waals surface area (Å²) in [7, 11) is 0. The summed E-state index contributed by atoms with van der Waals surface area (Å²) in [5.41, 5.74) is -0.406. The molecule has 6 nitrogen and oxygen atoms in total. The molecule has 0 aliphatic carbocycles. The molecule has 0 aromatic heterocycles. The van der Waals surface area contributed by atoms with E-state index in [1.54, 1.807) is 0 Å². The van der Waals surface area contributed by atoms with Crippen LogP contribution < -0.4 is 0 Å². The monoisotopic (exact) mass is 180 g/mol. The second-order valence-electron chi connectivity index (χ2n) is 2.13. The molecule has 0 spiro atoms. The van der Waals surface area contributed by atoms with E-state index in [1.807, 2.05) is 0 Å². The molecular weight excluding hydrogens is 176 g/mol. The number of carbonyl (C=O) groups excluding carboxylic acids is 1. The Hall–Kier alpha value is -2.20. The highest BCUT2D eigenvalue weighted by Gasteiger charge is 2.08. The van der Waals surface area contributed by atoms with Gasteiger partial charge in [-0.3, -0.25) is 10.1 Å². The maximum absolute atomic E-state index is 10.3. The molecule has 0 aliphatic rings. The molecule has 6 heteroatoms. The van der Waals surface area contributed by atoms with Crippen LogP contribution in [-0.2, 0) is 4.79 Å². The highest BCUT2D eigenvalue weighted by molar-refractivity contribution is 5.61.